The van der Waals surface area contributed by atoms with E-state index in [1.165, 1.54) is 24.3 Å². The molecule has 3 N–H and O–H groups in total. The van der Waals surface area contributed by atoms with Crippen LogP contribution in [0, 0.1) is 0 Å². The highest BCUT2D eigenvalue weighted by molar-refractivity contribution is 7.17. The number of amides is 3. The molecule has 0 atom stereocenters. The molecule has 2 aromatic heterocycles. The summed E-state index contributed by atoms with van der Waals surface area (Å²) in [6.07, 6.45) is 8.12. The quantitative estimate of drug-likeness (QED) is 0.415. The second-order valence-corrected chi connectivity index (χ2v) is 8.33. The molecule has 0 saturated heterocycles. The minimum absolute atomic E-state index is 0.284. The molecule has 0 spiro atoms. The van der Waals surface area contributed by atoms with Crippen molar-refractivity contribution in [1.82, 2.24) is 10.9 Å². The van der Waals surface area contributed by atoms with E-state index in [0.29, 0.717) is 10.6 Å². The third-order valence-electron chi connectivity index (χ3n) is 4.18. The van der Waals surface area contributed by atoms with E-state index in [0.717, 1.165) is 47.4 Å². The molecule has 8 heteroatoms. The second-order valence-electron chi connectivity index (χ2n) is 6.24. The Balaban J connectivity index is 1.83. The number of anilines is 1. The van der Waals surface area contributed by atoms with Crippen LogP contribution in [-0.2, 0) is 22.4 Å². The normalized spacial score (nSPS) is 13.7. The van der Waals surface area contributed by atoms with E-state index in [9.17, 15) is 14.4 Å². The zero-order valence-electron chi connectivity index (χ0n) is 15.0. The minimum Gasteiger partial charge on any atom is -0.313 e. The molecule has 6 nitrogen and oxygen atoms in total. The molecular formula is C19H21N3O3S2. The van der Waals surface area contributed by atoms with Gasteiger partial charge in [-0.2, -0.15) is 0 Å². The summed E-state index contributed by atoms with van der Waals surface area (Å²) in [6.45, 7) is 1.33. The van der Waals surface area contributed by atoms with Crippen molar-refractivity contribution in [1.29, 1.82) is 0 Å². The Morgan fingerprint density at radius 1 is 1.11 bits per heavy atom. The first-order valence-corrected chi connectivity index (χ1v) is 10.5. The van der Waals surface area contributed by atoms with Gasteiger partial charge in [0.15, 0.2) is 0 Å². The van der Waals surface area contributed by atoms with E-state index in [2.05, 4.69) is 16.2 Å². The smallest absolute Gasteiger partial charge is 0.272 e. The van der Waals surface area contributed by atoms with Crippen molar-refractivity contribution in [2.45, 2.75) is 39.0 Å². The molecule has 0 radical (unpaired) electrons. The van der Waals surface area contributed by atoms with Gasteiger partial charge in [-0.1, -0.05) is 12.5 Å². The number of hydrogen-bond acceptors (Lipinski definition) is 5. The number of rotatable bonds is 4. The van der Waals surface area contributed by atoms with Crippen molar-refractivity contribution in [3.05, 3.63) is 44.5 Å². The van der Waals surface area contributed by atoms with Gasteiger partial charge in [0.1, 0.15) is 5.00 Å². The highest BCUT2D eigenvalue weighted by atomic mass is 32.1. The van der Waals surface area contributed by atoms with Crippen LogP contribution in [0.3, 0.4) is 0 Å². The lowest BCUT2D eigenvalue weighted by atomic mass is 10.1. The van der Waals surface area contributed by atoms with E-state index in [4.69, 9.17) is 0 Å². The van der Waals surface area contributed by atoms with Crippen LogP contribution in [0.25, 0.3) is 6.08 Å². The summed E-state index contributed by atoms with van der Waals surface area (Å²) < 4.78 is 0. The molecule has 0 unspecified atom stereocenters. The standard InChI is InChI=1S/C19H21N3O3S2/c1-12(23)21-22-18(25)17-14-7-3-2-4-8-15(14)27-19(17)20-16(24)10-9-13-6-5-11-26-13/h5-6,9-11H,2-4,7-8H2,1H3,(H,20,24)(H,21,23)(H,22,25). The monoisotopic (exact) mass is 403 g/mol. The van der Waals surface area contributed by atoms with Gasteiger partial charge in [0.2, 0.25) is 11.8 Å². The number of hydrazine groups is 1. The maximum absolute atomic E-state index is 12.7. The summed E-state index contributed by atoms with van der Waals surface area (Å²) in [7, 11) is 0. The van der Waals surface area contributed by atoms with E-state index in [1.807, 2.05) is 17.5 Å². The molecule has 0 bridgehead atoms. The number of nitrogens with one attached hydrogen (secondary N) is 3. The summed E-state index contributed by atoms with van der Waals surface area (Å²) >= 11 is 3.00. The zero-order chi connectivity index (χ0) is 19.2. The van der Waals surface area contributed by atoms with Crippen molar-refractivity contribution in [3.63, 3.8) is 0 Å². The molecule has 142 valence electrons. The highest BCUT2D eigenvalue weighted by Gasteiger charge is 2.25. The van der Waals surface area contributed by atoms with Crippen LogP contribution in [0.1, 0.15) is 51.9 Å². The third kappa shape index (κ3) is 5.05. The van der Waals surface area contributed by atoms with E-state index < -0.39 is 5.91 Å². The molecule has 0 aliphatic heterocycles. The van der Waals surface area contributed by atoms with Crippen LogP contribution in [0.5, 0.6) is 0 Å². The van der Waals surface area contributed by atoms with Gasteiger partial charge in [0.05, 0.1) is 5.56 Å². The van der Waals surface area contributed by atoms with E-state index in [-0.39, 0.29) is 11.8 Å². The predicted octanol–water partition coefficient (Wildman–Crippen LogP) is 3.51. The number of thiophene rings is 2. The van der Waals surface area contributed by atoms with Crippen LogP contribution in [0.2, 0.25) is 0 Å². The van der Waals surface area contributed by atoms with Crippen molar-refractivity contribution in [2.75, 3.05) is 5.32 Å². The lowest BCUT2D eigenvalue weighted by molar-refractivity contribution is -0.119. The number of hydrogen-bond donors (Lipinski definition) is 3. The number of fused-ring (bicyclic) bond motifs is 1. The second kappa shape index (κ2) is 8.96. The Bertz CT molecular complexity index is 869. The Hall–Kier alpha value is -2.45. The van der Waals surface area contributed by atoms with Gasteiger partial charge in [-0.05, 0) is 48.8 Å². The molecule has 1 aliphatic carbocycles. The Morgan fingerprint density at radius 3 is 2.67 bits per heavy atom. The molecule has 0 saturated carbocycles. The van der Waals surface area contributed by atoms with Crippen molar-refractivity contribution >= 4 is 51.5 Å². The minimum atomic E-state index is -0.401. The Labute approximate surface area is 165 Å². The number of aryl methyl sites for hydroxylation is 1. The zero-order valence-corrected chi connectivity index (χ0v) is 16.6. The molecule has 0 aromatic carbocycles. The SMILES string of the molecule is CC(=O)NNC(=O)c1c(NC(=O)C=Cc2cccs2)sc2c1CCCCC2. The fraction of sp³-hybridized carbons (Fsp3) is 0.316. The average molecular weight is 404 g/mol. The lowest BCUT2D eigenvalue weighted by Crippen LogP contribution is -2.40. The van der Waals surface area contributed by atoms with E-state index in [1.54, 1.807) is 17.4 Å². The summed E-state index contributed by atoms with van der Waals surface area (Å²) in [4.78, 5) is 38.2. The largest absolute Gasteiger partial charge is 0.313 e. The van der Waals surface area contributed by atoms with Gasteiger partial charge < -0.3 is 5.32 Å². The molecule has 2 heterocycles. The molecule has 0 fully saturated rings. The fourth-order valence-corrected chi connectivity index (χ4v) is 4.88. The average Bonchev–Trinajstić information content (AvgIpc) is 3.20. The topological polar surface area (TPSA) is 87.3 Å². The van der Waals surface area contributed by atoms with E-state index >= 15 is 0 Å². The summed E-state index contributed by atoms with van der Waals surface area (Å²) in [5.74, 6) is -1.04. The molecule has 1 aliphatic rings. The van der Waals surface area contributed by atoms with Crippen LogP contribution in [0.15, 0.2) is 23.6 Å². The summed E-state index contributed by atoms with van der Waals surface area (Å²) in [5.41, 5.74) is 6.19. The van der Waals surface area contributed by atoms with Gasteiger partial charge in [0.25, 0.3) is 5.91 Å². The molecule has 3 rings (SSSR count). The van der Waals surface area contributed by atoms with Gasteiger partial charge in [0, 0.05) is 22.8 Å². The summed E-state index contributed by atoms with van der Waals surface area (Å²) in [5, 5.41) is 5.32. The highest BCUT2D eigenvalue weighted by Crippen LogP contribution is 2.37. The van der Waals surface area contributed by atoms with Gasteiger partial charge in [-0.25, -0.2) is 0 Å². The van der Waals surface area contributed by atoms with Crippen LogP contribution in [0.4, 0.5) is 5.00 Å². The van der Waals surface area contributed by atoms with Gasteiger partial charge >= 0.3 is 0 Å². The van der Waals surface area contributed by atoms with Gasteiger partial charge in [-0.15, -0.1) is 22.7 Å². The van der Waals surface area contributed by atoms with Crippen LogP contribution in [-0.4, -0.2) is 17.7 Å². The van der Waals surface area contributed by atoms with Crippen molar-refractivity contribution < 1.29 is 14.4 Å². The Kier molecular flexibility index (Phi) is 6.41. The van der Waals surface area contributed by atoms with Crippen molar-refractivity contribution in [2.24, 2.45) is 0 Å². The first kappa shape index (κ1) is 19.3. The van der Waals surface area contributed by atoms with Gasteiger partial charge in [-0.3, -0.25) is 25.2 Å². The number of carbonyl (C=O) groups excluding carboxylic acids is 3. The molecule has 27 heavy (non-hydrogen) atoms. The molecular weight excluding hydrogens is 382 g/mol. The maximum atomic E-state index is 12.7. The first-order chi connectivity index (χ1) is 13.0. The summed E-state index contributed by atoms with van der Waals surface area (Å²) in [6, 6.07) is 3.84. The predicted molar refractivity (Wildman–Crippen MR) is 109 cm³/mol. The van der Waals surface area contributed by atoms with Crippen LogP contribution >= 0.6 is 22.7 Å². The number of carbonyl (C=O) groups is 3. The van der Waals surface area contributed by atoms with Crippen molar-refractivity contribution in [3.8, 4) is 0 Å². The Morgan fingerprint density at radius 2 is 1.93 bits per heavy atom. The maximum Gasteiger partial charge on any atom is 0.272 e. The lowest BCUT2D eigenvalue weighted by Gasteiger charge is -2.09. The molecule has 2 aromatic rings. The third-order valence-corrected chi connectivity index (χ3v) is 6.22. The van der Waals surface area contributed by atoms with Crippen LogP contribution < -0.4 is 16.2 Å². The fourth-order valence-electron chi connectivity index (χ4n) is 2.98. The first-order valence-electron chi connectivity index (χ1n) is 8.78. The molecule has 3 amide bonds.